The largest absolute Gasteiger partial charge is 0.504 e. The third-order valence-corrected chi connectivity index (χ3v) is 5.65. The number of benzene rings is 1. The SMILES string of the molecule is COc1cc([C@@H]2SCC(=O)Nc3c2c(C)nn3-c2ccccn2)ccc1O. The Morgan fingerprint density at radius 2 is 2.19 bits per heavy atom. The summed E-state index contributed by atoms with van der Waals surface area (Å²) in [4.78, 5) is 16.7. The number of thioether (sulfide) groups is 1. The van der Waals surface area contributed by atoms with E-state index in [1.54, 1.807) is 23.0 Å². The quantitative estimate of drug-likeness (QED) is 0.724. The van der Waals surface area contributed by atoms with Gasteiger partial charge in [-0.1, -0.05) is 12.1 Å². The number of methoxy groups -OCH3 is 1. The number of nitrogens with one attached hydrogen (secondary N) is 1. The van der Waals surface area contributed by atoms with Crippen LogP contribution in [0, 0.1) is 6.92 Å². The Morgan fingerprint density at radius 3 is 2.93 bits per heavy atom. The van der Waals surface area contributed by atoms with Crippen molar-refractivity contribution < 1.29 is 14.6 Å². The number of ether oxygens (including phenoxy) is 1. The van der Waals surface area contributed by atoms with Crippen LogP contribution in [-0.2, 0) is 4.79 Å². The molecule has 0 bridgehead atoms. The molecule has 1 aliphatic rings. The fourth-order valence-corrected chi connectivity index (χ4v) is 4.33. The van der Waals surface area contributed by atoms with Gasteiger partial charge in [0.15, 0.2) is 17.3 Å². The summed E-state index contributed by atoms with van der Waals surface area (Å²) < 4.78 is 6.91. The van der Waals surface area contributed by atoms with Gasteiger partial charge in [0.2, 0.25) is 5.91 Å². The molecule has 2 aromatic heterocycles. The summed E-state index contributed by atoms with van der Waals surface area (Å²) in [5, 5.41) is 17.4. The zero-order valence-corrected chi connectivity index (χ0v) is 15.7. The van der Waals surface area contributed by atoms with Crippen LogP contribution >= 0.6 is 11.8 Å². The summed E-state index contributed by atoms with van der Waals surface area (Å²) in [5.74, 6) is 1.95. The zero-order valence-electron chi connectivity index (χ0n) is 14.8. The fourth-order valence-electron chi connectivity index (χ4n) is 3.15. The van der Waals surface area contributed by atoms with Crippen molar-refractivity contribution in [3.05, 3.63) is 59.4 Å². The Morgan fingerprint density at radius 1 is 1.33 bits per heavy atom. The Balaban J connectivity index is 1.88. The molecule has 0 fully saturated rings. The van der Waals surface area contributed by atoms with Gasteiger partial charge in [0.05, 0.1) is 23.8 Å². The van der Waals surface area contributed by atoms with Crippen LogP contribution in [0.5, 0.6) is 11.5 Å². The number of phenolic OH excluding ortho intramolecular Hbond substituents is 1. The Hall–Kier alpha value is -3.00. The van der Waals surface area contributed by atoms with E-state index >= 15 is 0 Å². The minimum atomic E-state index is -0.133. The van der Waals surface area contributed by atoms with Crippen molar-refractivity contribution in [3.8, 4) is 17.3 Å². The topological polar surface area (TPSA) is 89.3 Å². The number of anilines is 1. The highest BCUT2D eigenvalue weighted by Gasteiger charge is 2.31. The second-order valence-corrected chi connectivity index (χ2v) is 7.21. The van der Waals surface area contributed by atoms with Crippen LogP contribution in [0.15, 0.2) is 42.6 Å². The molecule has 1 atom stereocenters. The molecular weight excluding hydrogens is 364 g/mol. The lowest BCUT2D eigenvalue weighted by Gasteiger charge is -2.16. The Bertz CT molecular complexity index is 1000. The number of pyridine rings is 1. The van der Waals surface area contributed by atoms with Crippen molar-refractivity contribution in [2.24, 2.45) is 0 Å². The summed E-state index contributed by atoms with van der Waals surface area (Å²) in [6.07, 6.45) is 1.69. The maximum atomic E-state index is 12.3. The molecule has 2 N–H and O–H groups in total. The van der Waals surface area contributed by atoms with Gasteiger partial charge in [0.1, 0.15) is 5.82 Å². The number of phenols is 1. The number of aromatic nitrogens is 3. The van der Waals surface area contributed by atoms with Gasteiger partial charge in [-0.3, -0.25) is 4.79 Å². The lowest BCUT2D eigenvalue weighted by Crippen LogP contribution is -2.16. The van der Waals surface area contributed by atoms with Gasteiger partial charge >= 0.3 is 0 Å². The molecule has 0 radical (unpaired) electrons. The summed E-state index contributed by atoms with van der Waals surface area (Å²) in [5.41, 5.74) is 2.66. The predicted octanol–water partition coefficient (Wildman–Crippen LogP) is 3.06. The normalized spacial score (nSPS) is 16.4. The van der Waals surface area contributed by atoms with E-state index in [2.05, 4.69) is 15.4 Å². The van der Waals surface area contributed by atoms with Crippen LogP contribution in [-0.4, -0.2) is 38.6 Å². The molecule has 27 heavy (non-hydrogen) atoms. The molecule has 0 saturated heterocycles. The second-order valence-electron chi connectivity index (χ2n) is 6.12. The van der Waals surface area contributed by atoms with Crippen LogP contribution in [0.2, 0.25) is 0 Å². The standard InChI is InChI=1S/C19H18N4O3S/c1-11-17-18(12-6-7-13(24)14(9-12)26-2)27-10-16(25)21-19(17)23(22-11)15-5-3-4-8-20-15/h3-9,18,24H,10H2,1-2H3,(H,21,25)/t18-/m0/s1. The van der Waals surface area contributed by atoms with Gasteiger partial charge in [-0.25, -0.2) is 4.98 Å². The van der Waals surface area contributed by atoms with Crippen molar-refractivity contribution in [2.75, 3.05) is 18.2 Å². The molecule has 1 aliphatic heterocycles. The number of aromatic hydroxyl groups is 1. The molecule has 7 nitrogen and oxygen atoms in total. The number of rotatable bonds is 3. The third kappa shape index (κ3) is 3.12. The number of amides is 1. The van der Waals surface area contributed by atoms with E-state index < -0.39 is 0 Å². The van der Waals surface area contributed by atoms with Gasteiger partial charge in [-0.2, -0.15) is 9.78 Å². The van der Waals surface area contributed by atoms with Gasteiger partial charge in [0, 0.05) is 11.8 Å². The van der Waals surface area contributed by atoms with E-state index in [1.807, 2.05) is 31.2 Å². The summed E-state index contributed by atoms with van der Waals surface area (Å²) in [6, 6.07) is 10.8. The summed E-state index contributed by atoms with van der Waals surface area (Å²) in [7, 11) is 1.51. The van der Waals surface area contributed by atoms with Gasteiger partial charge in [0.25, 0.3) is 0 Å². The molecule has 1 amide bonds. The van der Waals surface area contributed by atoms with E-state index in [0.29, 0.717) is 23.1 Å². The maximum absolute atomic E-state index is 12.3. The van der Waals surface area contributed by atoms with Crippen molar-refractivity contribution in [1.82, 2.24) is 14.8 Å². The Kier molecular flexibility index (Phi) is 4.49. The molecule has 0 aliphatic carbocycles. The van der Waals surface area contributed by atoms with E-state index in [0.717, 1.165) is 16.8 Å². The predicted molar refractivity (Wildman–Crippen MR) is 104 cm³/mol. The number of fused-ring (bicyclic) bond motifs is 1. The molecular formula is C19H18N4O3S. The van der Waals surface area contributed by atoms with Crippen LogP contribution in [0.1, 0.15) is 22.1 Å². The van der Waals surface area contributed by atoms with Gasteiger partial charge < -0.3 is 15.2 Å². The first-order valence-corrected chi connectivity index (χ1v) is 9.42. The molecule has 4 rings (SSSR count). The number of hydrogen-bond acceptors (Lipinski definition) is 6. The molecule has 0 saturated carbocycles. The molecule has 0 spiro atoms. The molecule has 3 aromatic rings. The van der Waals surface area contributed by atoms with Crippen LogP contribution < -0.4 is 10.1 Å². The van der Waals surface area contributed by atoms with Crippen molar-refractivity contribution in [2.45, 2.75) is 12.2 Å². The molecule has 8 heteroatoms. The lowest BCUT2D eigenvalue weighted by atomic mass is 10.0. The molecule has 3 heterocycles. The van der Waals surface area contributed by atoms with Gasteiger partial charge in [-0.05, 0) is 36.8 Å². The van der Waals surface area contributed by atoms with E-state index in [1.165, 1.54) is 18.9 Å². The highest BCUT2D eigenvalue weighted by molar-refractivity contribution is 8.00. The first-order valence-electron chi connectivity index (χ1n) is 8.37. The van der Waals surface area contributed by atoms with Gasteiger partial charge in [-0.15, -0.1) is 11.8 Å². The first kappa shape index (κ1) is 17.4. The van der Waals surface area contributed by atoms with Crippen molar-refractivity contribution >= 4 is 23.5 Å². The Labute approximate surface area is 160 Å². The minimum Gasteiger partial charge on any atom is -0.504 e. The van der Waals surface area contributed by atoms with Crippen LogP contribution in [0.25, 0.3) is 5.82 Å². The minimum absolute atomic E-state index is 0.0789. The highest BCUT2D eigenvalue weighted by atomic mass is 32.2. The zero-order chi connectivity index (χ0) is 19.0. The third-order valence-electron chi connectivity index (χ3n) is 4.38. The molecule has 1 aromatic carbocycles. The monoisotopic (exact) mass is 382 g/mol. The first-order chi connectivity index (χ1) is 13.1. The van der Waals surface area contributed by atoms with Crippen molar-refractivity contribution in [1.29, 1.82) is 0 Å². The van der Waals surface area contributed by atoms with Crippen molar-refractivity contribution in [3.63, 3.8) is 0 Å². The number of nitrogens with zero attached hydrogens (tertiary/aromatic N) is 3. The number of carbonyl (C=O) groups excluding carboxylic acids is 1. The molecule has 0 unspecified atom stereocenters. The van der Waals surface area contributed by atoms with E-state index in [-0.39, 0.29) is 16.9 Å². The fraction of sp³-hybridized carbons (Fsp3) is 0.211. The van der Waals surface area contributed by atoms with E-state index in [9.17, 15) is 9.90 Å². The summed E-state index contributed by atoms with van der Waals surface area (Å²) >= 11 is 1.51. The second kappa shape index (κ2) is 6.96. The van der Waals surface area contributed by atoms with E-state index in [4.69, 9.17) is 4.74 Å². The highest BCUT2D eigenvalue weighted by Crippen LogP contribution is 2.45. The van der Waals surface area contributed by atoms with Crippen LogP contribution in [0.4, 0.5) is 5.82 Å². The summed E-state index contributed by atoms with van der Waals surface area (Å²) in [6.45, 7) is 1.92. The number of aryl methyl sites for hydroxylation is 1. The number of hydrogen-bond donors (Lipinski definition) is 2. The smallest absolute Gasteiger partial charge is 0.235 e. The maximum Gasteiger partial charge on any atom is 0.235 e. The lowest BCUT2D eigenvalue weighted by molar-refractivity contribution is -0.113. The molecule has 138 valence electrons. The number of carbonyl (C=O) groups is 1. The average Bonchev–Trinajstić information content (AvgIpc) is 2.89. The van der Waals surface area contributed by atoms with Crippen LogP contribution in [0.3, 0.4) is 0 Å². The average molecular weight is 382 g/mol.